The highest BCUT2D eigenvalue weighted by molar-refractivity contribution is 6.42. The molecule has 0 unspecified atom stereocenters. The lowest BCUT2D eigenvalue weighted by atomic mass is 10.1. The number of amides is 1. The molecule has 1 amide bonds. The Kier molecular flexibility index (Phi) is 5.70. The van der Waals surface area contributed by atoms with E-state index in [0.717, 1.165) is 17.9 Å². The molecule has 6 heteroatoms. The van der Waals surface area contributed by atoms with Crippen molar-refractivity contribution in [1.82, 2.24) is 14.5 Å². The second-order valence-electron chi connectivity index (χ2n) is 7.04. The van der Waals surface area contributed by atoms with E-state index in [-0.39, 0.29) is 11.8 Å². The Labute approximate surface area is 158 Å². The molecule has 0 bridgehead atoms. The molecule has 25 heavy (non-hydrogen) atoms. The van der Waals surface area contributed by atoms with Crippen molar-refractivity contribution in [3.63, 3.8) is 0 Å². The van der Waals surface area contributed by atoms with Crippen LogP contribution in [0.15, 0.2) is 30.6 Å². The molecular formula is C19H23Cl2N3O. The zero-order valence-electron chi connectivity index (χ0n) is 14.6. The molecule has 0 aliphatic heterocycles. The Morgan fingerprint density at radius 2 is 2.08 bits per heavy atom. The van der Waals surface area contributed by atoms with E-state index in [0.29, 0.717) is 29.1 Å². The van der Waals surface area contributed by atoms with E-state index >= 15 is 0 Å². The van der Waals surface area contributed by atoms with Gasteiger partial charge in [-0.2, -0.15) is 0 Å². The minimum absolute atomic E-state index is 0.00256. The molecule has 1 saturated carbocycles. The van der Waals surface area contributed by atoms with Gasteiger partial charge in [0.05, 0.1) is 16.6 Å². The molecule has 0 N–H and O–H groups in total. The molecule has 0 atom stereocenters. The van der Waals surface area contributed by atoms with Crippen LogP contribution in [0.5, 0.6) is 0 Å². The lowest BCUT2D eigenvalue weighted by Gasteiger charge is -2.24. The van der Waals surface area contributed by atoms with Crippen molar-refractivity contribution in [3.05, 3.63) is 52.0 Å². The number of nitrogens with zero attached hydrogens (tertiary/aromatic N) is 3. The van der Waals surface area contributed by atoms with Gasteiger partial charge in [-0.3, -0.25) is 4.79 Å². The van der Waals surface area contributed by atoms with Crippen LogP contribution in [-0.4, -0.2) is 26.9 Å². The largest absolute Gasteiger partial charge is 0.335 e. The van der Waals surface area contributed by atoms with E-state index in [1.807, 2.05) is 37.1 Å². The van der Waals surface area contributed by atoms with E-state index < -0.39 is 0 Å². The van der Waals surface area contributed by atoms with Crippen LogP contribution < -0.4 is 0 Å². The number of hydrogen-bond donors (Lipinski definition) is 0. The van der Waals surface area contributed by atoms with Gasteiger partial charge in [0, 0.05) is 31.4 Å². The Balaban J connectivity index is 1.74. The van der Waals surface area contributed by atoms with E-state index in [2.05, 4.69) is 9.55 Å². The van der Waals surface area contributed by atoms with Gasteiger partial charge in [0.1, 0.15) is 5.82 Å². The van der Waals surface area contributed by atoms with Crippen LogP contribution in [0.1, 0.15) is 38.1 Å². The predicted molar refractivity (Wildman–Crippen MR) is 101 cm³/mol. The first-order valence-corrected chi connectivity index (χ1v) is 9.42. The van der Waals surface area contributed by atoms with Gasteiger partial charge in [-0.05, 0) is 36.5 Å². The molecular weight excluding hydrogens is 357 g/mol. The summed E-state index contributed by atoms with van der Waals surface area (Å²) in [5.41, 5.74) is 1.05. The lowest BCUT2D eigenvalue weighted by molar-refractivity contribution is -0.135. The van der Waals surface area contributed by atoms with Gasteiger partial charge in [0.25, 0.3) is 0 Å². The lowest BCUT2D eigenvalue weighted by Crippen LogP contribution is -2.36. The number of imidazole rings is 1. The van der Waals surface area contributed by atoms with E-state index in [4.69, 9.17) is 23.2 Å². The monoisotopic (exact) mass is 379 g/mol. The highest BCUT2D eigenvalue weighted by Gasteiger charge is 2.28. The molecule has 1 aliphatic rings. The standard InChI is InChI=1S/C19H23Cl2N3O/c1-13(2)19(25)24(10-14-3-4-14)12-18-22-7-8-23(18)11-15-5-6-16(20)17(21)9-15/h5-9,13-14H,3-4,10-12H2,1-2H3. The van der Waals surface area contributed by atoms with Crippen LogP contribution >= 0.6 is 23.2 Å². The minimum atomic E-state index is -0.00256. The smallest absolute Gasteiger partial charge is 0.225 e. The number of halogens is 2. The quantitative estimate of drug-likeness (QED) is 0.702. The number of carbonyl (C=O) groups excluding carboxylic acids is 1. The molecule has 3 rings (SSSR count). The van der Waals surface area contributed by atoms with Crippen LogP contribution in [0.2, 0.25) is 10.0 Å². The van der Waals surface area contributed by atoms with Crippen LogP contribution in [-0.2, 0) is 17.9 Å². The normalized spacial score (nSPS) is 14.1. The molecule has 1 aliphatic carbocycles. The summed E-state index contributed by atoms with van der Waals surface area (Å²) in [5.74, 6) is 1.73. The van der Waals surface area contributed by atoms with Gasteiger partial charge in [-0.1, -0.05) is 43.1 Å². The fourth-order valence-electron chi connectivity index (χ4n) is 2.85. The zero-order chi connectivity index (χ0) is 18.0. The molecule has 4 nitrogen and oxygen atoms in total. The number of aromatic nitrogens is 2. The highest BCUT2D eigenvalue weighted by Crippen LogP contribution is 2.30. The molecule has 2 aromatic rings. The van der Waals surface area contributed by atoms with Crippen molar-refractivity contribution in [2.24, 2.45) is 11.8 Å². The summed E-state index contributed by atoms with van der Waals surface area (Å²) in [5, 5.41) is 1.10. The van der Waals surface area contributed by atoms with Crippen LogP contribution in [0.3, 0.4) is 0 Å². The van der Waals surface area contributed by atoms with Crippen molar-refractivity contribution in [2.75, 3.05) is 6.54 Å². The van der Waals surface area contributed by atoms with Crippen molar-refractivity contribution in [2.45, 2.75) is 39.8 Å². The molecule has 1 aromatic heterocycles. The molecule has 0 spiro atoms. The SMILES string of the molecule is CC(C)C(=O)N(Cc1nccn1Cc1ccc(Cl)c(Cl)c1)CC1CC1. The summed E-state index contributed by atoms with van der Waals surface area (Å²) >= 11 is 12.1. The Bertz CT molecular complexity index is 753. The van der Waals surface area contributed by atoms with Gasteiger partial charge < -0.3 is 9.47 Å². The predicted octanol–water partition coefficient (Wildman–Crippen LogP) is 4.63. The molecule has 1 heterocycles. The van der Waals surface area contributed by atoms with Crippen molar-refractivity contribution in [1.29, 1.82) is 0 Å². The third-order valence-corrected chi connectivity index (χ3v) is 5.19. The molecule has 1 fully saturated rings. The second kappa shape index (κ2) is 7.79. The number of rotatable bonds is 7. The Hall–Kier alpha value is -1.52. The first-order chi connectivity index (χ1) is 11.9. The Morgan fingerprint density at radius 3 is 2.72 bits per heavy atom. The summed E-state index contributed by atoms with van der Waals surface area (Å²) in [7, 11) is 0. The van der Waals surface area contributed by atoms with Gasteiger partial charge in [-0.25, -0.2) is 4.98 Å². The average Bonchev–Trinajstić information content (AvgIpc) is 3.29. The molecule has 1 aromatic carbocycles. The van der Waals surface area contributed by atoms with Crippen LogP contribution in [0, 0.1) is 11.8 Å². The van der Waals surface area contributed by atoms with Gasteiger partial charge >= 0.3 is 0 Å². The van der Waals surface area contributed by atoms with Gasteiger partial charge in [-0.15, -0.1) is 0 Å². The minimum Gasteiger partial charge on any atom is -0.335 e. The third-order valence-electron chi connectivity index (χ3n) is 4.45. The summed E-state index contributed by atoms with van der Waals surface area (Å²) in [6.45, 7) is 5.92. The topological polar surface area (TPSA) is 38.1 Å². The van der Waals surface area contributed by atoms with Crippen LogP contribution in [0.25, 0.3) is 0 Å². The fourth-order valence-corrected chi connectivity index (χ4v) is 3.17. The maximum atomic E-state index is 12.5. The first-order valence-electron chi connectivity index (χ1n) is 8.66. The number of hydrogen-bond acceptors (Lipinski definition) is 2. The van der Waals surface area contributed by atoms with Crippen LogP contribution in [0.4, 0.5) is 0 Å². The highest BCUT2D eigenvalue weighted by atomic mass is 35.5. The summed E-state index contributed by atoms with van der Waals surface area (Å²) in [4.78, 5) is 19.0. The van der Waals surface area contributed by atoms with Crippen molar-refractivity contribution < 1.29 is 4.79 Å². The Morgan fingerprint density at radius 1 is 1.32 bits per heavy atom. The third kappa shape index (κ3) is 4.77. The number of benzene rings is 1. The number of carbonyl (C=O) groups is 1. The molecule has 0 radical (unpaired) electrons. The molecule has 0 saturated heterocycles. The van der Waals surface area contributed by atoms with Crippen molar-refractivity contribution in [3.8, 4) is 0 Å². The van der Waals surface area contributed by atoms with E-state index in [9.17, 15) is 4.79 Å². The van der Waals surface area contributed by atoms with Gasteiger partial charge in [0.15, 0.2) is 0 Å². The average molecular weight is 380 g/mol. The van der Waals surface area contributed by atoms with E-state index in [1.54, 1.807) is 12.3 Å². The van der Waals surface area contributed by atoms with Crippen molar-refractivity contribution >= 4 is 29.1 Å². The summed E-state index contributed by atoms with van der Waals surface area (Å²) < 4.78 is 2.06. The van der Waals surface area contributed by atoms with E-state index in [1.165, 1.54) is 12.8 Å². The van der Waals surface area contributed by atoms with Gasteiger partial charge in [0.2, 0.25) is 5.91 Å². The first kappa shape index (κ1) is 18.3. The maximum absolute atomic E-state index is 12.5. The fraction of sp³-hybridized carbons (Fsp3) is 0.474. The maximum Gasteiger partial charge on any atom is 0.225 e. The second-order valence-corrected chi connectivity index (χ2v) is 7.85. The zero-order valence-corrected chi connectivity index (χ0v) is 16.1. The molecule has 134 valence electrons. The summed E-state index contributed by atoms with van der Waals surface area (Å²) in [6.07, 6.45) is 6.16. The summed E-state index contributed by atoms with van der Waals surface area (Å²) in [6, 6.07) is 5.63.